The fourth-order valence-electron chi connectivity index (χ4n) is 3.81. The van der Waals surface area contributed by atoms with Crippen molar-refractivity contribution in [1.29, 1.82) is 0 Å². The van der Waals surface area contributed by atoms with Crippen molar-refractivity contribution in [3.63, 3.8) is 0 Å². The first-order valence-electron chi connectivity index (χ1n) is 9.49. The Morgan fingerprint density at radius 1 is 1.39 bits per heavy atom. The second kappa shape index (κ2) is 7.27. The SMILES string of the molecule is COc1cccc2c1nc(N)n1cc(C(=O)N3CCOCC3CC(C)C)nc21. The molecule has 0 bridgehead atoms. The van der Waals surface area contributed by atoms with Gasteiger partial charge in [-0.3, -0.25) is 9.20 Å². The molecule has 2 aromatic heterocycles. The molecule has 2 N–H and O–H groups in total. The molecule has 148 valence electrons. The van der Waals surface area contributed by atoms with Crippen molar-refractivity contribution < 1.29 is 14.3 Å². The predicted molar refractivity (Wildman–Crippen MR) is 107 cm³/mol. The highest BCUT2D eigenvalue weighted by Crippen LogP contribution is 2.28. The Morgan fingerprint density at radius 2 is 2.21 bits per heavy atom. The molecule has 1 amide bonds. The van der Waals surface area contributed by atoms with E-state index in [-0.39, 0.29) is 17.9 Å². The quantitative estimate of drug-likeness (QED) is 0.743. The Bertz CT molecular complexity index is 1030. The van der Waals surface area contributed by atoms with E-state index < -0.39 is 0 Å². The lowest BCUT2D eigenvalue weighted by Gasteiger charge is -2.36. The number of ether oxygens (including phenoxy) is 2. The molecule has 1 unspecified atom stereocenters. The number of nitrogens with two attached hydrogens (primary N) is 1. The van der Waals surface area contributed by atoms with Gasteiger partial charge in [0, 0.05) is 18.1 Å². The van der Waals surface area contributed by atoms with E-state index >= 15 is 0 Å². The fourth-order valence-corrected chi connectivity index (χ4v) is 3.81. The predicted octanol–water partition coefficient (Wildman–Crippen LogP) is 2.36. The van der Waals surface area contributed by atoms with Gasteiger partial charge in [0.1, 0.15) is 22.6 Å². The van der Waals surface area contributed by atoms with E-state index in [2.05, 4.69) is 23.8 Å². The van der Waals surface area contributed by atoms with Gasteiger partial charge >= 0.3 is 0 Å². The summed E-state index contributed by atoms with van der Waals surface area (Å²) in [5.41, 5.74) is 7.73. The monoisotopic (exact) mass is 383 g/mol. The first-order chi connectivity index (χ1) is 13.5. The summed E-state index contributed by atoms with van der Waals surface area (Å²) >= 11 is 0. The number of aromatic nitrogens is 3. The van der Waals surface area contributed by atoms with Crippen LogP contribution in [0, 0.1) is 5.92 Å². The molecular weight excluding hydrogens is 358 g/mol. The van der Waals surface area contributed by atoms with Crippen molar-refractivity contribution in [2.75, 3.05) is 32.6 Å². The molecule has 1 aliphatic heterocycles. The number of benzene rings is 1. The van der Waals surface area contributed by atoms with Gasteiger partial charge in [-0.2, -0.15) is 0 Å². The third kappa shape index (κ3) is 3.13. The maximum Gasteiger partial charge on any atom is 0.274 e. The molecule has 0 aliphatic carbocycles. The van der Waals surface area contributed by atoms with E-state index in [0.717, 1.165) is 11.8 Å². The van der Waals surface area contributed by atoms with Crippen LogP contribution in [0.4, 0.5) is 5.95 Å². The Hall–Kier alpha value is -2.87. The molecule has 8 nitrogen and oxygen atoms in total. The van der Waals surface area contributed by atoms with Crippen molar-refractivity contribution in [1.82, 2.24) is 19.3 Å². The number of carbonyl (C=O) groups is 1. The molecule has 0 saturated carbocycles. The van der Waals surface area contributed by atoms with Gasteiger partial charge in [0.15, 0.2) is 0 Å². The maximum atomic E-state index is 13.2. The number of amides is 1. The zero-order valence-corrected chi connectivity index (χ0v) is 16.4. The van der Waals surface area contributed by atoms with Crippen LogP contribution in [0.5, 0.6) is 5.75 Å². The zero-order valence-electron chi connectivity index (χ0n) is 16.4. The summed E-state index contributed by atoms with van der Waals surface area (Å²) in [4.78, 5) is 24.2. The van der Waals surface area contributed by atoms with Gasteiger partial charge < -0.3 is 20.1 Å². The lowest BCUT2D eigenvalue weighted by molar-refractivity contribution is -0.00772. The van der Waals surface area contributed by atoms with Crippen LogP contribution in [-0.2, 0) is 4.74 Å². The van der Waals surface area contributed by atoms with Crippen molar-refractivity contribution in [2.24, 2.45) is 5.92 Å². The molecule has 28 heavy (non-hydrogen) atoms. The topological polar surface area (TPSA) is 95.0 Å². The summed E-state index contributed by atoms with van der Waals surface area (Å²) in [5.74, 6) is 1.25. The van der Waals surface area contributed by atoms with E-state index in [1.807, 2.05) is 23.1 Å². The van der Waals surface area contributed by atoms with E-state index in [9.17, 15) is 4.79 Å². The number of imidazole rings is 1. The van der Waals surface area contributed by atoms with E-state index in [1.54, 1.807) is 17.7 Å². The van der Waals surface area contributed by atoms with Gasteiger partial charge in [-0.15, -0.1) is 0 Å². The summed E-state index contributed by atoms with van der Waals surface area (Å²) in [6, 6.07) is 5.65. The summed E-state index contributed by atoms with van der Waals surface area (Å²) in [6.07, 6.45) is 2.56. The third-order valence-electron chi connectivity index (χ3n) is 5.09. The van der Waals surface area contributed by atoms with E-state index in [1.165, 1.54) is 0 Å². The van der Waals surface area contributed by atoms with Crippen molar-refractivity contribution in [3.05, 3.63) is 30.1 Å². The number of morpholine rings is 1. The minimum absolute atomic E-state index is 0.0540. The van der Waals surface area contributed by atoms with E-state index in [0.29, 0.717) is 48.3 Å². The first-order valence-corrected chi connectivity index (χ1v) is 9.49. The molecular formula is C20H25N5O3. The van der Waals surface area contributed by atoms with E-state index in [4.69, 9.17) is 15.2 Å². The maximum absolute atomic E-state index is 13.2. The molecule has 3 aromatic rings. The van der Waals surface area contributed by atoms with Gasteiger partial charge in [0.25, 0.3) is 5.91 Å². The van der Waals surface area contributed by atoms with Gasteiger partial charge in [-0.1, -0.05) is 19.9 Å². The van der Waals surface area contributed by atoms with Crippen LogP contribution in [0.15, 0.2) is 24.4 Å². The molecule has 0 radical (unpaired) electrons. The second-order valence-corrected chi connectivity index (χ2v) is 7.50. The highest BCUT2D eigenvalue weighted by molar-refractivity contribution is 5.99. The Morgan fingerprint density at radius 3 is 2.96 bits per heavy atom. The molecule has 1 aliphatic rings. The van der Waals surface area contributed by atoms with Crippen LogP contribution in [0.2, 0.25) is 0 Å². The van der Waals surface area contributed by atoms with Crippen molar-refractivity contribution >= 4 is 28.4 Å². The number of anilines is 1. The summed E-state index contributed by atoms with van der Waals surface area (Å²) < 4.78 is 12.6. The highest BCUT2D eigenvalue weighted by Gasteiger charge is 2.30. The third-order valence-corrected chi connectivity index (χ3v) is 5.09. The molecule has 1 fully saturated rings. The lowest BCUT2D eigenvalue weighted by atomic mass is 10.0. The lowest BCUT2D eigenvalue weighted by Crippen LogP contribution is -2.49. The Balaban J connectivity index is 1.78. The number of rotatable bonds is 4. The normalized spacial score (nSPS) is 17.6. The van der Waals surface area contributed by atoms with Gasteiger partial charge in [0.05, 0.1) is 26.4 Å². The highest BCUT2D eigenvalue weighted by atomic mass is 16.5. The van der Waals surface area contributed by atoms with Crippen LogP contribution in [0.1, 0.15) is 30.8 Å². The summed E-state index contributed by atoms with van der Waals surface area (Å²) in [6.45, 7) is 5.95. The molecule has 8 heteroatoms. The number of hydrogen-bond donors (Lipinski definition) is 1. The average Bonchev–Trinajstić information content (AvgIpc) is 3.13. The van der Waals surface area contributed by atoms with Crippen LogP contribution in [0.25, 0.3) is 16.6 Å². The number of fused-ring (bicyclic) bond motifs is 3. The molecule has 4 rings (SSSR count). The Labute approximate surface area is 163 Å². The molecule has 1 atom stereocenters. The smallest absolute Gasteiger partial charge is 0.274 e. The number of methoxy groups -OCH3 is 1. The second-order valence-electron chi connectivity index (χ2n) is 7.50. The molecule has 1 aromatic carbocycles. The number of para-hydroxylation sites is 1. The fraction of sp³-hybridized carbons (Fsp3) is 0.450. The molecule has 0 spiro atoms. The van der Waals surface area contributed by atoms with Crippen LogP contribution in [0.3, 0.4) is 0 Å². The summed E-state index contributed by atoms with van der Waals surface area (Å²) in [7, 11) is 1.59. The van der Waals surface area contributed by atoms with Crippen LogP contribution >= 0.6 is 0 Å². The molecule has 3 heterocycles. The number of nitrogens with zero attached hydrogens (tertiary/aromatic N) is 4. The van der Waals surface area contributed by atoms with Crippen molar-refractivity contribution in [2.45, 2.75) is 26.3 Å². The minimum Gasteiger partial charge on any atom is -0.494 e. The largest absolute Gasteiger partial charge is 0.494 e. The van der Waals surface area contributed by atoms with Crippen LogP contribution in [-0.4, -0.2) is 58.1 Å². The first kappa shape index (κ1) is 18.5. The number of hydrogen-bond acceptors (Lipinski definition) is 6. The number of nitrogen functional groups attached to an aromatic ring is 1. The Kier molecular flexibility index (Phi) is 4.80. The van der Waals surface area contributed by atoms with Crippen LogP contribution < -0.4 is 10.5 Å². The minimum atomic E-state index is -0.104. The zero-order chi connectivity index (χ0) is 19.8. The van der Waals surface area contributed by atoms with Crippen molar-refractivity contribution in [3.8, 4) is 5.75 Å². The molecule has 1 saturated heterocycles. The van der Waals surface area contributed by atoms with Gasteiger partial charge in [-0.05, 0) is 24.5 Å². The standard InChI is InChI=1S/C20H25N5O3/c1-12(2)9-13-11-28-8-7-24(13)19(26)15-10-25-18(22-15)14-5-4-6-16(27-3)17(14)23-20(25)21/h4-6,10,12-13H,7-9,11H2,1-3H3,(H2,21,23). The number of carbonyl (C=O) groups excluding carboxylic acids is 1. The van der Waals surface area contributed by atoms with Gasteiger partial charge in [-0.25, -0.2) is 9.97 Å². The van der Waals surface area contributed by atoms with Gasteiger partial charge in [0.2, 0.25) is 5.95 Å². The average molecular weight is 383 g/mol. The summed E-state index contributed by atoms with van der Waals surface area (Å²) in [5, 5.41) is 0.785.